The normalized spacial score (nSPS) is 10.2. The molecule has 0 atom stereocenters. The fourth-order valence-corrected chi connectivity index (χ4v) is 2.62. The summed E-state index contributed by atoms with van der Waals surface area (Å²) < 4.78 is 5.15. The third-order valence-corrected chi connectivity index (χ3v) is 4.18. The number of carbonyl (C=O) groups is 2. The fourth-order valence-electron chi connectivity index (χ4n) is 2.62. The van der Waals surface area contributed by atoms with Gasteiger partial charge in [0, 0.05) is 37.2 Å². The van der Waals surface area contributed by atoms with Crippen LogP contribution in [0.25, 0.3) is 0 Å². The van der Waals surface area contributed by atoms with Crippen molar-refractivity contribution in [1.29, 1.82) is 0 Å². The summed E-state index contributed by atoms with van der Waals surface area (Å²) >= 11 is 0. The van der Waals surface area contributed by atoms with Crippen LogP contribution in [0.1, 0.15) is 21.0 Å². The molecule has 0 bridgehead atoms. The molecule has 0 saturated carbocycles. The Labute approximate surface area is 169 Å². The van der Waals surface area contributed by atoms with Gasteiger partial charge in [0.05, 0.1) is 7.11 Å². The van der Waals surface area contributed by atoms with E-state index in [2.05, 4.69) is 15.6 Å². The number of pyridine rings is 1. The molecule has 7 heteroatoms. The van der Waals surface area contributed by atoms with Gasteiger partial charge in [-0.1, -0.05) is 12.1 Å². The summed E-state index contributed by atoms with van der Waals surface area (Å²) in [5.41, 5.74) is 2.54. The number of nitrogens with one attached hydrogen (secondary N) is 2. The molecule has 148 valence electrons. The van der Waals surface area contributed by atoms with Crippen LogP contribution in [0.3, 0.4) is 0 Å². The number of ether oxygens (including phenoxy) is 1. The van der Waals surface area contributed by atoms with Crippen LogP contribution in [0.2, 0.25) is 0 Å². The summed E-state index contributed by atoms with van der Waals surface area (Å²) in [6.07, 6.45) is 0. The molecule has 0 aliphatic carbocycles. The molecule has 0 unspecified atom stereocenters. The average molecular weight is 390 g/mol. The first-order chi connectivity index (χ1) is 14.0. The lowest BCUT2D eigenvalue weighted by Gasteiger charge is -2.13. The van der Waals surface area contributed by atoms with E-state index in [9.17, 15) is 9.59 Å². The van der Waals surface area contributed by atoms with Crippen molar-refractivity contribution < 1.29 is 14.3 Å². The van der Waals surface area contributed by atoms with E-state index in [0.29, 0.717) is 17.1 Å². The average Bonchev–Trinajstić information content (AvgIpc) is 2.74. The number of hydrogen-bond acceptors (Lipinski definition) is 5. The number of nitrogens with zero attached hydrogens (tertiary/aromatic N) is 2. The SMILES string of the molecule is COc1cccc(NC(=O)c2cccc(C(=O)Nc3ccc(N(C)C)cc3)n2)c1. The number of methoxy groups -OCH3 is 1. The minimum atomic E-state index is -0.414. The largest absolute Gasteiger partial charge is 0.497 e. The van der Waals surface area contributed by atoms with Crippen molar-refractivity contribution in [3.8, 4) is 5.75 Å². The van der Waals surface area contributed by atoms with Crippen molar-refractivity contribution in [3.63, 3.8) is 0 Å². The summed E-state index contributed by atoms with van der Waals surface area (Å²) in [6.45, 7) is 0. The minimum absolute atomic E-state index is 0.142. The standard InChI is InChI=1S/C22H22N4O3/c1-26(2)17-12-10-15(11-13-17)23-21(27)19-8-5-9-20(25-19)22(28)24-16-6-4-7-18(14-16)29-3/h4-14H,1-3H3,(H,23,27)(H,24,28). The first kappa shape index (κ1) is 19.9. The number of anilines is 3. The molecule has 1 aromatic heterocycles. The predicted molar refractivity (Wildman–Crippen MR) is 114 cm³/mol. The van der Waals surface area contributed by atoms with Crippen molar-refractivity contribution >= 4 is 28.9 Å². The molecule has 0 spiro atoms. The third-order valence-electron chi connectivity index (χ3n) is 4.18. The highest BCUT2D eigenvalue weighted by Crippen LogP contribution is 2.18. The van der Waals surface area contributed by atoms with Crippen LogP contribution in [-0.4, -0.2) is 38.0 Å². The second kappa shape index (κ2) is 8.88. The second-order valence-electron chi connectivity index (χ2n) is 6.49. The van der Waals surface area contributed by atoms with Gasteiger partial charge in [0.15, 0.2) is 0 Å². The van der Waals surface area contributed by atoms with Crippen molar-refractivity contribution in [3.05, 3.63) is 78.1 Å². The summed E-state index contributed by atoms with van der Waals surface area (Å²) in [6, 6.07) is 19.2. The van der Waals surface area contributed by atoms with Crippen LogP contribution in [0.5, 0.6) is 5.75 Å². The van der Waals surface area contributed by atoms with Crippen LogP contribution >= 0.6 is 0 Å². The Morgan fingerprint density at radius 3 is 2.00 bits per heavy atom. The third kappa shape index (κ3) is 5.10. The molecule has 2 aromatic carbocycles. The molecule has 0 aliphatic rings. The van der Waals surface area contributed by atoms with Crippen LogP contribution in [0.15, 0.2) is 66.7 Å². The van der Waals surface area contributed by atoms with Gasteiger partial charge in [-0.2, -0.15) is 0 Å². The molecule has 0 fully saturated rings. The first-order valence-electron chi connectivity index (χ1n) is 8.97. The van der Waals surface area contributed by atoms with Gasteiger partial charge in [-0.3, -0.25) is 9.59 Å². The second-order valence-corrected chi connectivity index (χ2v) is 6.49. The molecule has 0 saturated heterocycles. The molecule has 0 radical (unpaired) electrons. The maximum Gasteiger partial charge on any atom is 0.274 e. The van der Waals surface area contributed by atoms with E-state index in [1.165, 1.54) is 0 Å². The summed E-state index contributed by atoms with van der Waals surface area (Å²) in [7, 11) is 5.44. The predicted octanol–water partition coefficient (Wildman–Crippen LogP) is 3.66. The lowest BCUT2D eigenvalue weighted by atomic mass is 10.2. The van der Waals surface area contributed by atoms with E-state index < -0.39 is 11.8 Å². The Hall–Kier alpha value is -3.87. The van der Waals surface area contributed by atoms with Gasteiger partial charge in [0.2, 0.25) is 0 Å². The lowest BCUT2D eigenvalue weighted by Crippen LogP contribution is -2.18. The van der Waals surface area contributed by atoms with Gasteiger partial charge in [0.25, 0.3) is 11.8 Å². The highest BCUT2D eigenvalue weighted by atomic mass is 16.5. The van der Waals surface area contributed by atoms with E-state index >= 15 is 0 Å². The van der Waals surface area contributed by atoms with Crippen molar-refractivity contribution in [2.24, 2.45) is 0 Å². The number of benzene rings is 2. The molecule has 3 aromatic rings. The van der Waals surface area contributed by atoms with Gasteiger partial charge in [-0.15, -0.1) is 0 Å². The monoisotopic (exact) mass is 390 g/mol. The maximum atomic E-state index is 12.5. The van der Waals surface area contributed by atoms with Crippen LogP contribution < -0.4 is 20.3 Å². The van der Waals surface area contributed by atoms with Crippen LogP contribution in [0, 0.1) is 0 Å². The van der Waals surface area contributed by atoms with E-state index in [1.807, 2.05) is 43.3 Å². The molecule has 7 nitrogen and oxygen atoms in total. The molecular weight excluding hydrogens is 368 g/mol. The Kier molecular flexibility index (Phi) is 6.09. The van der Waals surface area contributed by atoms with Crippen molar-refractivity contribution in [1.82, 2.24) is 4.98 Å². The van der Waals surface area contributed by atoms with Gasteiger partial charge in [0.1, 0.15) is 17.1 Å². The molecule has 2 amide bonds. The smallest absolute Gasteiger partial charge is 0.274 e. The molecule has 2 N–H and O–H groups in total. The quantitative estimate of drug-likeness (QED) is 0.671. The van der Waals surface area contributed by atoms with Gasteiger partial charge < -0.3 is 20.3 Å². The van der Waals surface area contributed by atoms with Crippen molar-refractivity contribution in [2.75, 3.05) is 36.7 Å². The topological polar surface area (TPSA) is 83.6 Å². The fraction of sp³-hybridized carbons (Fsp3) is 0.136. The minimum Gasteiger partial charge on any atom is -0.497 e. The molecule has 1 heterocycles. The van der Waals surface area contributed by atoms with Gasteiger partial charge >= 0.3 is 0 Å². The Bertz CT molecular complexity index is 1020. The number of hydrogen-bond donors (Lipinski definition) is 2. The van der Waals surface area contributed by atoms with Crippen molar-refractivity contribution in [2.45, 2.75) is 0 Å². The van der Waals surface area contributed by atoms with Crippen LogP contribution in [-0.2, 0) is 0 Å². The number of rotatable bonds is 6. The maximum absolute atomic E-state index is 12.5. The highest BCUT2D eigenvalue weighted by molar-refractivity contribution is 6.06. The van der Waals surface area contributed by atoms with E-state index in [4.69, 9.17) is 4.74 Å². The zero-order chi connectivity index (χ0) is 20.8. The lowest BCUT2D eigenvalue weighted by molar-refractivity contribution is 0.101. The Morgan fingerprint density at radius 2 is 1.41 bits per heavy atom. The zero-order valence-electron chi connectivity index (χ0n) is 16.5. The Morgan fingerprint density at radius 1 is 0.828 bits per heavy atom. The molecular formula is C22H22N4O3. The summed E-state index contributed by atoms with van der Waals surface area (Å²) in [4.78, 5) is 31.2. The number of carbonyl (C=O) groups excluding carboxylic acids is 2. The molecule has 0 aliphatic heterocycles. The first-order valence-corrected chi connectivity index (χ1v) is 8.97. The summed E-state index contributed by atoms with van der Waals surface area (Å²) in [5, 5.41) is 5.53. The summed E-state index contributed by atoms with van der Waals surface area (Å²) in [5.74, 6) is -0.175. The number of amides is 2. The zero-order valence-corrected chi connectivity index (χ0v) is 16.5. The molecule has 3 rings (SSSR count). The molecule has 29 heavy (non-hydrogen) atoms. The van der Waals surface area contributed by atoms with Gasteiger partial charge in [-0.05, 0) is 48.5 Å². The van der Waals surface area contributed by atoms with Crippen LogP contribution in [0.4, 0.5) is 17.1 Å². The van der Waals surface area contributed by atoms with E-state index in [-0.39, 0.29) is 11.4 Å². The highest BCUT2D eigenvalue weighted by Gasteiger charge is 2.13. The van der Waals surface area contributed by atoms with Gasteiger partial charge in [-0.25, -0.2) is 4.98 Å². The Balaban J connectivity index is 1.70. The van der Waals surface area contributed by atoms with E-state index in [0.717, 1.165) is 5.69 Å². The number of aromatic nitrogens is 1. The van der Waals surface area contributed by atoms with E-state index in [1.54, 1.807) is 49.6 Å².